The molecule has 0 aliphatic carbocycles. The molecular weight excluding hydrogens is 725 g/mol. The summed E-state index contributed by atoms with van der Waals surface area (Å²) in [6.07, 6.45) is 1.48. The maximum absolute atomic E-state index is 12.6. The van der Waals surface area contributed by atoms with Crippen molar-refractivity contribution in [3.05, 3.63) is 94.1 Å². The van der Waals surface area contributed by atoms with Crippen LogP contribution in [0.3, 0.4) is 0 Å². The monoisotopic (exact) mass is 741 g/mol. The van der Waals surface area contributed by atoms with Crippen LogP contribution in [0.1, 0.15) is 28.6 Å². The SMILES string of the molecule is CCOc1cc(/C=N\NC(=O)c2cc3cc(Br)cc(I)c3o2)c(Br)cc1OCc1ccc([N+](=O)[O-])cc1. The van der Waals surface area contributed by atoms with E-state index in [0.29, 0.717) is 33.7 Å². The molecule has 0 spiro atoms. The second kappa shape index (κ2) is 12.0. The van der Waals surface area contributed by atoms with E-state index >= 15 is 0 Å². The van der Waals surface area contributed by atoms with Crippen LogP contribution in [0.4, 0.5) is 5.69 Å². The van der Waals surface area contributed by atoms with Gasteiger partial charge in [-0.15, -0.1) is 0 Å². The quantitative estimate of drug-likeness (QED) is 0.0839. The van der Waals surface area contributed by atoms with Crippen LogP contribution < -0.4 is 14.9 Å². The first-order chi connectivity index (χ1) is 17.7. The lowest BCUT2D eigenvalue weighted by Crippen LogP contribution is -2.16. The zero-order valence-electron chi connectivity index (χ0n) is 19.2. The Balaban J connectivity index is 1.46. The van der Waals surface area contributed by atoms with Crippen molar-refractivity contribution in [3.63, 3.8) is 0 Å². The van der Waals surface area contributed by atoms with Crippen LogP contribution in [-0.4, -0.2) is 23.7 Å². The zero-order valence-corrected chi connectivity index (χ0v) is 24.5. The van der Waals surface area contributed by atoms with Gasteiger partial charge in [-0.3, -0.25) is 14.9 Å². The Morgan fingerprint density at radius 2 is 1.86 bits per heavy atom. The molecule has 1 aromatic heterocycles. The third-order valence-corrected chi connectivity index (χ3v) is 6.98. The lowest BCUT2D eigenvalue weighted by molar-refractivity contribution is -0.384. The number of hydrazone groups is 1. The highest BCUT2D eigenvalue weighted by Crippen LogP contribution is 2.34. The predicted molar refractivity (Wildman–Crippen MR) is 154 cm³/mol. The van der Waals surface area contributed by atoms with Crippen molar-refractivity contribution >= 4 is 83.2 Å². The number of nitro benzene ring substituents is 1. The number of fused-ring (bicyclic) bond motifs is 1. The summed E-state index contributed by atoms with van der Waals surface area (Å²) in [6.45, 7) is 2.45. The Labute approximate surface area is 241 Å². The van der Waals surface area contributed by atoms with Crippen LogP contribution in [0.25, 0.3) is 11.0 Å². The Morgan fingerprint density at radius 1 is 1.14 bits per heavy atom. The van der Waals surface area contributed by atoms with Crippen LogP contribution >= 0.6 is 54.5 Å². The number of furan rings is 1. The van der Waals surface area contributed by atoms with E-state index in [1.807, 2.05) is 19.1 Å². The van der Waals surface area contributed by atoms with E-state index in [4.69, 9.17) is 13.9 Å². The topological polar surface area (TPSA) is 116 Å². The van der Waals surface area contributed by atoms with E-state index in [9.17, 15) is 14.9 Å². The van der Waals surface area contributed by atoms with Crippen molar-refractivity contribution in [1.29, 1.82) is 0 Å². The smallest absolute Gasteiger partial charge is 0.307 e. The van der Waals surface area contributed by atoms with Gasteiger partial charge in [-0.05, 0) is 93.5 Å². The Morgan fingerprint density at radius 3 is 2.57 bits per heavy atom. The van der Waals surface area contributed by atoms with Gasteiger partial charge in [-0.25, -0.2) is 5.43 Å². The lowest BCUT2D eigenvalue weighted by Gasteiger charge is -2.14. The molecular formula is C25H18Br2IN3O6. The molecule has 0 saturated carbocycles. The van der Waals surface area contributed by atoms with E-state index in [1.165, 1.54) is 18.3 Å². The lowest BCUT2D eigenvalue weighted by atomic mass is 10.2. The third kappa shape index (κ3) is 6.67. The number of rotatable bonds is 9. The summed E-state index contributed by atoms with van der Waals surface area (Å²) in [6, 6.07) is 15.0. The van der Waals surface area contributed by atoms with E-state index in [0.717, 1.165) is 19.0 Å². The standard InChI is InChI=1S/C25H18Br2IN3O6/c1-2-35-21-9-16(19(27)11-22(21)36-13-14-3-5-18(6-4-14)31(33)34)12-29-30-25(32)23-8-15-7-17(26)10-20(28)24(15)37-23/h3-12H,2,13H2,1H3,(H,30,32)/b29-12-. The fourth-order valence-corrected chi connectivity index (χ4v) is 5.39. The third-order valence-electron chi connectivity index (χ3n) is 5.03. The summed E-state index contributed by atoms with van der Waals surface area (Å²) in [4.78, 5) is 22.9. The Hall–Kier alpha value is -2.97. The number of halogens is 3. The largest absolute Gasteiger partial charge is 0.490 e. The molecule has 0 bridgehead atoms. The van der Waals surface area contributed by atoms with E-state index in [2.05, 4.69) is 65.0 Å². The number of nitro groups is 1. The van der Waals surface area contributed by atoms with Crippen LogP contribution in [0.15, 0.2) is 73.1 Å². The summed E-state index contributed by atoms with van der Waals surface area (Å²) >= 11 is 9.08. The Kier molecular flexibility index (Phi) is 8.82. The van der Waals surface area contributed by atoms with Gasteiger partial charge in [0, 0.05) is 32.0 Å². The molecule has 1 N–H and O–H groups in total. The molecule has 0 saturated heterocycles. The minimum absolute atomic E-state index is 0.0142. The van der Waals surface area contributed by atoms with Crippen molar-refractivity contribution < 1.29 is 23.6 Å². The van der Waals surface area contributed by atoms with Crippen molar-refractivity contribution in [3.8, 4) is 11.5 Å². The number of carbonyl (C=O) groups excluding carboxylic acids is 1. The number of ether oxygens (including phenoxy) is 2. The van der Waals surface area contributed by atoms with Gasteiger partial charge in [0.2, 0.25) is 0 Å². The fourth-order valence-electron chi connectivity index (χ4n) is 3.31. The molecule has 190 valence electrons. The molecule has 3 aromatic carbocycles. The molecule has 0 aliphatic heterocycles. The summed E-state index contributed by atoms with van der Waals surface area (Å²) in [5.74, 6) is 0.630. The van der Waals surface area contributed by atoms with Gasteiger partial charge >= 0.3 is 5.91 Å². The summed E-state index contributed by atoms with van der Waals surface area (Å²) in [5.41, 5.74) is 4.54. The molecule has 37 heavy (non-hydrogen) atoms. The van der Waals surface area contributed by atoms with E-state index < -0.39 is 10.8 Å². The van der Waals surface area contributed by atoms with Gasteiger partial charge in [0.1, 0.15) is 12.2 Å². The molecule has 0 aliphatic rings. The number of amides is 1. The van der Waals surface area contributed by atoms with Gasteiger partial charge in [-0.2, -0.15) is 5.10 Å². The average Bonchev–Trinajstić information content (AvgIpc) is 3.30. The Bertz CT molecular complexity index is 1500. The van der Waals surface area contributed by atoms with Gasteiger partial charge < -0.3 is 13.9 Å². The van der Waals surface area contributed by atoms with Crippen molar-refractivity contribution in [2.24, 2.45) is 5.10 Å². The van der Waals surface area contributed by atoms with Crippen LogP contribution in [-0.2, 0) is 6.61 Å². The van der Waals surface area contributed by atoms with Crippen molar-refractivity contribution in [1.82, 2.24) is 5.43 Å². The molecule has 4 aromatic rings. The highest BCUT2D eigenvalue weighted by atomic mass is 127. The van der Waals surface area contributed by atoms with Crippen LogP contribution in [0, 0.1) is 13.7 Å². The second-order valence-electron chi connectivity index (χ2n) is 7.58. The van der Waals surface area contributed by atoms with E-state index in [-0.39, 0.29) is 18.1 Å². The number of carbonyl (C=O) groups is 1. The normalized spacial score (nSPS) is 11.1. The molecule has 0 unspecified atom stereocenters. The highest BCUT2D eigenvalue weighted by molar-refractivity contribution is 14.1. The molecule has 0 atom stereocenters. The minimum Gasteiger partial charge on any atom is -0.490 e. The fraction of sp³-hybridized carbons (Fsp3) is 0.120. The summed E-state index contributed by atoms with van der Waals surface area (Å²) < 4.78 is 19.8. The number of nitrogens with one attached hydrogen (secondary N) is 1. The maximum atomic E-state index is 12.6. The number of hydrogen-bond acceptors (Lipinski definition) is 7. The van der Waals surface area contributed by atoms with Gasteiger partial charge in [0.25, 0.3) is 5.69 Å². The first kappa shape index (κ1) is 27.1. The first-order valence-corrected chi connectivity index (χ1v) is 13.5. The molecule has 12 heteroatoms. The number of non-ortho nitro benzene ring substituents is 1. The van der Waals surface area contributed by atoms with Gasteiger partial charge in [-0.1, -0.05) is 15.9 Å². The predicted octanol–water partition coefficient (Wildman–Crippen LogP) is 7.21. The summed E-state index contributed by atoms with van der Waals surface area (Å²) in [5, 5.41) is 15.7. The molecule has 1 amide bonds. The molecule has 9 nitrogen and oxygen atoms in total. The maximum Gasteiger partial charge on any atom is 0.307 e. The molecule has 4 rings (SSSR count). The average molecular weight is 743 g/mol. The van der Waals surface area contributed by atoms with Gasteiger partial charge in [0.05, 0.1) is 21.3 Å². The first-order valence-electron chi connectivity index (χ1n) is 10.8. The van der Waals surface area contributed by atoms with E-state index in [1.54, 1.807) is 30.3 Å². The molecule has 0 fully saturated rings. The number of nitrogens with zero attached hydrogens (tertiary/aromatic N) is 2. The van der Waals surface area contributed by atoms with Crippen molar-refractivity contribution in [2.45, 2.75) is 13.5 Å². The number of hydrogen-bond donors (Lipinski definition) is 1. The molecule has 0 radical (unpaired) electrons. The minimum atomic E-state index is -0.483. The second-order valence-corrected chi connectivity index (χ2v) is 10.5. The number of benzene rings is 3. The highest BCUT2D eigenvalue weighted by Gasteiger charge is 2.15. The zero-order chi connectivity index (χ0) is 26.5. The van der Waals surface area contributed by atoms with Crippen molar-refractivity contribution in [2.75, 3.05) is 6.61 Å². The van der Waals surface area contributed by atoms with Crippen LogP contribution in [0.5, 0.6) is 11.5 Å². The van der Waals surface area contributed by atoms with Gasteiger partial charge in [0.15, 0.2) is 17.3 Å². The summed E-state index contributed by atoms with van der Waals surface area (Å²) in [7, 11) is 0. The van der Waals surface area contributed by atoms with Crippen LogP contribution in [0.2, 0.25) is 0 Å². The molecule has 1 heterocycles.